The first kappa shape index (κ1) is 49.8. The number of unbranched alkanes of at least 4 members (excludes halogenated alkanes) is 1. The van der Waals surface area contributed by atoms with Crippen molar-refractivity contribution in [3.63, 3.8) is 0 Å². The van der Waals surface area contributed by atoms with E-state index in [-0.39, 0.29) is 22.6 Å². The number of ether oxygens (including phenoxy) is 2. The standard InChI is InChI=1S/C22H26F4O2.C7H13NO.C6H13N.C5H12O3S/c1-4-5-14-27-18-10-6-16(7-11-18)21(2,3)17-8-12-19(13-9-17)28-15-22(25,26)20(23)24;1-5-6(9)8-7(2,3)4;1-6(2,3)7-4-5-7;1-5(2,3)8-9(4,6)7/h6-13,20H,4-5,14-15H2,1-3H3;5H,1H2,2-4H3,(H,8,9);4-5H2,1-3H3;1-4H3. The van der Waals surface area contributed by atoms with Gasteiger partial charge in [0.05, 0.1) is 18.5 Å². The molecule has 3 rings (SSSR count). The van der Waals surface area contributed by atoms with E-state index in [9.17, 15) is 30.8 Å². The predicted molar refractivity (Wildman–Crippen MR) is 207 cm³/mol. The van der Waals surface area contributed by atoms with E-state index in [0.717, 1.165) is 36.0 Å². The van der Waals surface area contributed by atoms with Crippen molar-refractivity contribution in [1.29, 1.82) is 0 Å². The van der Waals surface area contributed by atoms with Crippen LogP contribution in [0.1, 0.15) is 107 Å². The molecule has 2 aromatic carbocycles. The van der Waals surface area contributed by atoms with Gasteiger partial charge in [-0.3, -0.25) is 13.9 Å². The monoisotopic (exact) mass is 776 g/mol. The molecular weight excluding hydrogens is 713 g/mol. The van der Waals surface area contributed by atoms with Crippen LogP contribution in [0.5, 0.6) is 11.5 Å². The van der Waals surface area contributed by atoms with Crippen molar-refractivity contribution < 1.29 is 44.4 Å². The van der Waals surface area contributed by atoms with E-state index in [4.69, 9.17) is 9.47 Å². The fourth-order valence-corrected chi connectivity index (χ4v) is 5.18. The van der Waals surface area contributed by atoms with Gasteiger partial charge in [-0.2, -0.15) is 17.2 Å². The maximum Gasteiger partial charge on any atom is 0.340 e. The molecule has 1 aliphatic heterocycles. The summed E-state index contributed by atoms with van der Waals surface area (Å²) in [5.41, 5.74) is 1.36. The average Bonchev–Trinajstić information content (AvgIpc) is 3.86. The van der Waals surface area contributed by atoms with E-state index >= 15 is 0 Å². The molecule has 0 saturated carbocycles. The minimum atomic E-state index is -4.17. The van der Waals surface area contributed by atoms with Gasteiger partial charge in [-0.15, -0.1) is 0 Å². The third-order valence-corrected chi connectivity index (χ3v) is 7.95. The number of hydrogen-bond donors (Lipinski definition) is 1. The first-order valence-electron chi connectivity index (χ1n) is 17.7. The summed E-state index contributed by atoms with van der Waals surface area (Å²) in [7, 11) is -3.28. The van der Waals surface area contributed by atoms with Gasteiger partial charge in [0.1, 0.15) is 11.5 Å². The Balaban J connectivity index is 0.000000871. The van der Waals surface area contributed by atoms with Crippen LogP contribution in [0.15, 0.2) is 61.2 Å². The Labute approximate surface area is 316 Å². The Morgan fingerprint density at radius 2 is 1.28 bits per heavy atom. The van der Waals surface area contributed by atoms with Crippen molar-refractivity contribution in [1.82, 2.24) is 10.2 Å². The number of hydrogen-bond acceptors (Lipinski definition) is 7. The van der Waals surface area contributed by atoms with Gasteiger partial charge < -0.3 is 14.8 Å². The summed E-state index contributed by atoms with van der Waals surface area (Å²) in [5, 5.41) is 2.71. The van der Waals surface area contributed by atoms with Gasteiger partial charge in [0.15, 0.2) is 6.61 Å². The molecule has 304 valence electrons. The van der Waals surface area contributed by atoms with E-state index < -0.39 is 34.7 Å². The molecule has 0 spiro atoms. The second kappa shape index (κ2) is 21.1. The van der Waals surface area contributed by atoms with Crippen LogP contribution in [0.25, 0.3) is 0 Å². The van der Waals surface area contributed by atoms with Crippen LogP contribution < -0.4 is 14.8 Å². The molecule has 1 heterocycles. The van der Waals surface area contributed by atoms with E-state index in [2.05, 4.69) is 48.7 Å². The molecule has 1 saturated heterocycles. The maximum atomic E-state index is 13.0. The number of halogens is 4. The van der Waals surface area contributed by atoms with E-state index in [1.165, 1.54) is 31.3 Å². The lowest BCUT2D eigenvalue weighted by atomic mass is 9.78. The lowest BCUT2D eigenvalue weighted by Crippen LogP contribution is -2.39. The summed E-state index contributed by atoms with van der Waals surface area (Å²) >= 11 is 0. The summed E-state index contributed by atoms with van der Waals surface area (Å²) < 4.78 is 86.3. The molecule has 0 unspecified atom stereocenters. The summed E-state index contributed by atoms with van der Waals surface area (Å²) in [6, 6.07) is 14.4. The summed E-state index contributed by atoms with van der Waals surface area (Å²) in [6.07, 6.45) is 0.638. The van der Waals surface area contributed by atoms with Gasteiger partial charge in [0.25, 0.3) is 10.1 Å². The molecule has 0 atom stereocenters. The minimum absolute atomic E-state index is 0.123. The zero-order valence-electron chi connectivity index (χ0n) is 34.0. The van der Waals surface area contributed by atoms with Crippen molar-refractivity contribution in [3.05, 3.63) is 72.3 Å². The van der Waals surface area contributed by atoms with E-state index in [1.807, 2.05) is 58.9 Å². The molecule has 13 heteroatoms. The number of nitrogens with one attached hydrogen (secondary N) is 1. The fourth-order valence-electron chi connectivity index (χ4n) is 4.27. The minimum Gasteiger partial charge on any atom is -0.494 e. The third-order valence-electron chi connectivity index (χ3n) is 7.15. The topological polar surface area (TPSA) is 93.9 Å². The smallest absolute Gasteiger partial charge is 0.340 e. The molecular formula is C40H64F4N2O6S. The van der Waals surface area contributed by atoms with Crippen molar-refractivity contribution in [3.8, 4) is 11.5 Å². The second-order valence-electron chi connectivity index (χ2n) is 16.2. The van der Waals surface area contributed by atoms with Crippen LogP contribution in [0.4, 0.5) is 17.6 Å². The highest BCUT2D eigenvalue weighted by atomic mass is 32.2. The summed E-state index contributed by atoms with van der Waals surface area (Å²) in [6.45, 7) is 29.1. The summed E-state index contributed by atoms with van der Waals surface area (Å²) in [5.74, 6) is -3.35. The third kappa shape index (κ3) is 23.3. The molecule has 1 aliphatic rings. The van der Waals surface area contributed by atoms with E-state index in [0.29, 0.717) is 12.1 Å². The number of alkyl halides is 4. The zero-order valence-corrected chi connectivity index (χ0v) is 34.9. The Bertz CT molecular complexity index is 1470. The lowest BCUT2D eigenvalue weighted by Gasteiger charge is -2.26. The molecule has 1 N–H and O–H groups in total. The predicted octanol–water partition coefficient (Wildman–Crippen LogP) is 9.42. The van der Waals surface area contributed by atoms with Gasteiger partial charge in [-0.05, 0) is 110 Å². The second-order valence-corrected chi connectivity index (χ2v) is 17.8. The molecule has 0 aliphatic carbocycles. The van der Waals surface area contributed by atoms with Crippen LogP contribution in [0.3, 0.4) is 0 Å². The van der Waals surface area contributed by atoms with Crippen LogP contribution in [0, 0.1) is 0 Å². The van der Waals surface area contributed by atoms with Crippen molar-refractivity contribution >= 4 is 16.0 Å². The van der Waals surface area contributed by atoms with E-state index in [1.54, 1.807) is 32.9 Å². The molecule has 1 fully saturated rings. The van der Waals surface area contributed by atoms with Gasteiger partial charge in [-0.25, -0.2) is 8.78 Å². The SMILES string of the molecule is C=CC(=O)NC(C)(C)C.CC(C)(C)N1CC1.CC(C)(C)OS(C)(=O)=O.CCCCOc1ccc(C(C)(C)c2ccc(OCC(F)(F)C(F)F)cc2)cc1. The number of carbonyl (C=O) groups is 1. The van der Waals surface area contributed by atoms with Crippen LogP contribution in [-0.4, -0.2) is 80.8 Å². The van der Waals surface area contributed by atoms with Gasteiger partial charge in [0.2, 0.25) is 5.91 Å². The van der Waals surface area contributed by atoms with Crippen molar-refractivity contribution in [2.24, 2.45) is 0 Å². The molecule has 1 amide bonds. The van der Waals surface area contributed by atoms with Gasteiger partial charge in [-0.1, -0.05) is 58.0 Å². The molecule has 0 bridgehead atoms. The Morgan fingerprint density at radius 1 is 0.849 bits per heavy atom. The number of nitrogens with zero attached hydrogens (tertiary/aromatic N) is 1. The number of amides is 1. The average molecular weight is 777 g/mol. The van der Waals surface area contributed by atoms with Crippen molar-refractivity contribution in [2.45, 2.75) is 130 Å². The zero-order chi connectivity index (χ0) is 41.5. The quantitative estimate of drug-likeness (QED) is 0.0755. The summed E-state index contributed by atoms with van der Waals surface area (Å²) in [4.78, 5) is 13.0. The molecule has 8 nitrogen and oxygen atoms in total. The Morgan fingerprint density at radius 3 is 1.53 bits per heavy atom. The number of carbonyl (C=O) groups excluding carboxylic acids is 1. The van der Waals surface area contributed by atoms with Crippen LogP contribution in [0.2, 0.25) is 0 Å². The Hall–Kier alpha value is -3.16. The molecule has 2 aromatic rings. The lowest BCUT2D eigenvalue weighted by molar-refractivity contribution is -0.148. The molecule has 0 aromatic heterocycles. The van der Waals surface area contributed by atoms with Gasteiger partial charge >= 0.3 is 12.3 Å². The number of rotatable bonds is 12. The highest BCUT2D eigenvalue weighted by Gasteiger charge is 2.41. The first-order chi connectivity index (χ1) is 23.9. The van der Waals surface area contributed by atoms with Crippen molar-refractivity contribution in [2.75, 3.05) is 32.6 Å². The normalized spacial score (nSPS) is 13.6. The fraction of sp³-hybridized carbons (Fsp3) is 0.625. The van der Waals surface area contributed by atoms with Gasteiger partial charge in [0, 0.05) is 29.6 Å². The number of benzene rings is 2. The highest BCUT2D eigenvalue weighted by Crippen LogP contribution is 2.34. The first-order valence-corrected chi connectivity index (χ1v) is 19.5. The molecule has 0 radical (unpaired) electrons. The highest BCUT2D eigenvalue weighted by molar-refractivity contribution is 7.86. The van der Waals surface area contributed by atoms with Crippen LogP contribution in [-0.2, 0) is 24.5 Å². The van der Waals surface area contributed by atoms with Crippen LogP contribution >= 0.6 is 0 Å². The Kier molecular flexibility index (Phi) is 19.8. The maximum absolute atomic E-state index is 13.0. The molecule has 53 heavy (non-hydrogen) atoms. The largest absolute Gasteiger partial charge is 0.494 e.